The Hall–Kier alpha value is -2.55. The number of rotatable bonds is 0. The van der Waals surface area contributed by atoms with Gasteiger partial charge >= 0.3 is 0 Å². The second-order valence-electron chi connectivity index (χ2n) is 6.08. The van der Waals surface area contributed by atoms with E-state index in [1.54, 1.807) is 12.1 Å². The first-order valence-corrected chi connectivity index (χ1v) is 7.32. The van der Waals surface area contributed by atoms with Crippen molar-refractivity contribution in [1.82, 2.24) is 0 Å². The summed E-state index contributed by atoms with van der Waals surface area (Å²) in [5, 5.41) is 28.5. The summed E-state index contributed by atoms with van der Waals surface area (Å²) >= 11 is 0. The van der Waals surface area contributed by atoms with E-state index in [9.17, 15) is 10.5 Å². The first-order chi connectivity index (χ1) is 10.5. The Labute approximate surface area is 129 Å². The zero-order chi connectivity index (χ0) is 15.9. The first-order valence-electron chi connectivity index (χ1n) is 7.32. The summed E-state index contributed by atoms with van der Waals surface area (Å²) in [6.45, 7) is 4.55. The molecule has 3 rings (SSSR count). The fraction of sp³-hybridized carbons (Fsp3) is 0.471. The number of hydrogen-bond donors (Lipinski definition) is 0. The van der Waals surface area contributed by atoms with Gasteiger partial charge in [-0.25, -0.2) is 0 Å². The number of morpholine rings is 1. The predicted molar refractivity (Wildman–Crippen MR) is 79.7 cm³/mol. The van der Waals surface area contributed by atoms with E-state index >= 15 is 0 Å². The molecular weight excluding hydrogens is 276 g/mol. The minimum atomic E-state index is -1.15. The maximum atomic E-state index is 9.70. The summed E-state index contributed by atoms with van der Waals surface area (Å²) in [5.74, 6) is 0. The van der Waals surface area contributed by atoms with Gasteiger partial charge in [0.05, 0.1) is 42.0 Å². The first kappa shape index (κ1) is 14.4. The standard InChI is InChI=1S/C17H16N4O/c1-11-8-21-15-4-3-13(7-18)5-14(15)6-17(9-19,10-20)16(21)12(2)22-11/h3-5,11-12,16H,6,8H2,1-2H3/t11-,12+,16-/m1/s1. The van der Waals surface area contributed by atoms with Crippen molar-refractivity contribution < 1.29 is 4.74 Å². The molecule has 2 aliphatic rings. The third-order valence-electron chi connectivity index (χ3n) is 4.57. The Kier molecular flexibility index (Phi) is 3.28. The lowest BCUT2D eigenvalue weighted by molar-refractivity contribution is -0.0467. The maximum absolute atomic E-state index is 9.70. The largest absolute Gasteiger partial charge is 0.371 e. The van der Waals surface area contributed by atoms with Crippen molar-refractivity contribution in [2.45, 2.75) is 38.5 Å². The van der Waals surface area contributed by atoms with Crippen LogP contribution in [0.1, 0.15) is 25.0 Å². The molecule has 1 fully saturated rings. The van der Waals surface area contributed by atoms with Gasteiger partial charge in [0.2, 0.25) is 0 Å². The summed E-state index contributed by atoms with van der Waals surface area (Å²) < 4.78 is 5.88. The predicted octanol–water partition coefficient (Wildman–Crippen LogP) is 2.13. The SMILES string of the molecule is C[C@@H]1CN2c3ccc(C#N)cc3CC(C#N)(C#N)[C@H]2[C@H](C)O1. The molecule has 1 saturated heterocycles. The minimum absolute atomic E-state index is 0.0305. The third-order valence-corrected chi connectivity index (χ3v) is 4.57. The summed E-state index contributed by atoms with van der Waals surface area (Å²) in [6, 6.07) is 11.8. The van der Waals surface area contributed by atoms with Gasteiger partial charge in [0, 0.05) is 18.7 Å². The van der Waals surface area contributed by atoms with Crippen LogP contribution in [0.3, 0.4) is 0 Å². The van der Waals surface area contributed by atoms with Crippen LogP contribution in [0, 0.1) is 39.4 Å². The van der Waals surface area contributed by atoms with E-state index < -0.39 is 5.41 Å². The molecule has 0 radical (unpaired) electrons. The van der Waals surface area contributed by atoms with Gasteiger partial charge < -0.3 is 9.64 Å². The van der Waals surface area contributed by atoms with E-state index in [1.807, 2.05) is 19.9 Å². The molecule has 5 nitrogen and oxygen atoms in total. The van der Waals surface area contributed by atoms with Crippen LogP contribution in [0.15, 0.2) is 18.2 Å². The van der Waals surface area contributed by atoms with E-state index in [0.29, 0.717) is 18.5 Å². The lowest BCUT2D eigenvalue weighted by atomic mass is 9.70. The van der Waals surface area contributed by atoms with Gasteiger partial charge in [-0.1, -0.05) is 0 Å². The molecule has 22 heavy (non-hydrogen) atoms. The van der Waals surface area contributed by atoms with Crippen LogP contribution in [-0.2, 0) is 11.2 Å². The number of nitrogens with zero attached hydrogens (tertiary/aromatic N) is 4. The highest BCUT2D eigenvalue weighted by Gasteiger charge is 2.52. The highest BCUT2D eigenvalue weighted by atomic mass is 16.5. The van der Waals surface area contributed by atoms with Gasteiger partial charge in [-0.15, -0.1) is 0 Å². The Morgan fingerprint density at radius 2 is 1.95 bits per heavy atom. The highest BCUT2D eigenvalue weighted by molar-refractivity contribution is 5.63. The van der Waals surface area contributed by atoms with Crippen molar-refractivity contribution >= 4 is 5.69 Å². The van der Waals surface area contributed by atoms with Crippen LogP contribution >= 0.6 is 0 Å². The topological polar surface area (TPSA) is 83.8 Å². The Morgan fingerprint density at radius 1 is 1.23 bits per heavy atom. The summed E-state index contributed by atoms with van der Waals surface area (Å²) in [5.41, 5.74) is 1.30. The molecular formula is C17H16N4O. The third kappa shape index (κ3) is 1.93. The molecule has 110 valence electrons. The summed E-state index contributed by atoms with van der Waals surface area (Å²) in [7, 11) is 0. The van der Waals surface area contributed by atoms with Gasteiger partial charge in [0.25, 0.3) is 0 Å². The number of nitriles is 3. The normalized spacial score (nSPS) is 28.5. The van der Waals surface area contributed by atoms with Crippen LogP contribution in [0.2, 0.25) is 0 Å². The highest BCUT2D eigenvalue weighted by Crippen LogP contribution is 2.44. The molecule has 0 unspecified atom stereocenters. The van der Waals surface area contributed by atoms with Crippen molar-refractivity contribution in [3.05, 3.63) is 29.3 Å². The summed E-state index contributed by atoms with van der Waals surface area (Å²) in [4.78, 5) is 2.12. The second kappa shape index (κ2) is 5.02. The monoisotopic (exact) mass is 292 g/mol. The maximum Gasteiger partial charge on any atom is 0.170 e. The van der Waals surface area contributed by atoms with E-state index in [0.717, 1.165) is 11.3 Å². The minimum Gasteiger partial charge on any atom is -0.371 e. The van der Waals surface area contributed by atoms with E-state index in [-0.39, 0.29) is 18.2 Å². The number of fused-ring (bicyclic) bond motifs is 3. The zero-order valence-corrected chi connectivity index (χ0v) is 12.6. The van der Waals surface area contributed by atoms with Crippen molar-refractivity contribution in [3.8, 4) is 18.2 Å². The number of ether oxygens (including phenoxy) is 1. The van der Waals surface area contributed by atoms with Gasteiger partial charge in [-0.2, -0.15) is 15.8 Å². The molecule has 0 bridgehead atoms. The molecule has 0 spiro atoms. The molecule has 0 saturated carbocycles. The average molecular weight is 292 g/mol. The van der Waals surface area contributed by atoms with Gasteiger partial charge in [-0.3, -0.25) is 0 Å². The van der Waals surface area contributed by atoms with Gasteiger partial charge in [0.15, 0.2) is 5.41 Å². The number of benzene rings is 1. The van der Waals surface area contributed by atoms with Crippen molar-refractivity contribution in [2.75, 3.05) is 11.4 Å². The Balaban J connectivity index is 2.19. The van der Waals surface area contributed by atoms with Gasteiger partial charge in [-0.05, 0) is 37.6 Å². The second-order valence-corrected chi connectivity index (χ2v) is 6.08. The van der Waals surface area contributed by atoms with Crippen molar-refractivity contribution in [1.29, 1.82) is 15.8 Å². The van der Waals surface area contributed by atoms with Crippen LogP contribution in [-0.4, -0.2) is 24.8 Å². The molecule has 1 aromatic carbocycles. The summed E-state index contributed by atoms with van der Waals surface area (Å²) in [6.07, 6.45) is 0.156. The lowest BCUT2D eigenvalue weighted by Crippen LogP contribution is -2.63. The molecule has 0 aliphatic carbocycles. The Bertz CT molecular complexity index is 722. The van der Waals surface area contributed by atoms with E-state index in [1.165, 1.54) is 0 Å². The van der Waals surface area contributed by atoms with Crippen LogP contribution in [0.5, 0.6) is 0 Å². The van der Waals surface area contributed by atoms with Crippen LogP contribution in [0.4, 0.5) is 5.69 Å². The zero-order valence-electron chi connectivity index (χ0n) is 12.6. The van der Waals surface area contributed by atoms with Crippen LogP contribution < -0.4 is 4.90 Å². The van der Waals surface area contributed by atoms with Crippen molar-refractivity contribution in [3.63, 3.8) is 0 Å². The molecule has 2 aliphatic heterocycles. The van der Waals surface area contributed by atoms with E-state index in [2.05, 4.69) is 23.1 Å². The molecule has 2 heterocycles. The molecule has 0 aromatic heterocycles. The van der Waals surface area contributed by atoms with Crippen LogP contribution in [0.25, 0.3) is 0 Å². The molecule has 5 heteroatoms. The van der Waals surface area contributed by atoms with Gasteiger partial charge in [0.1, 0.15) is 0 Å². The van der Waals surface area contributed by atoms with E-state index in [4.69, 9.17) is 10.00 Å². The smallest absolute Gasteiger partial charge is 0.170 e. The molecule has 1 aromatic rings. The Morgan fingerprint density at radius 3 is 2.59 bits per heavy atom. The quantitative estimate of drug-likeness (QED) is 0.731. The fourth-order valence-corrected chi connectivity index (χ4v) is 3.76. The number of anilines is 1. The average Bonchev–Trinajstić information content (AvgIpc) is 2.52. The van der Waals surface area contributed by atoms with Crippen molar-refractivity contribution in [2.24, 2.45) is 5.41 Å². The lowest BCUT2D eigenvalue weighted by Gasteiger charge is -2.51. The molecule has 0 amide bonds. The molecule has 0 N–H and O–H groups in total. The number of hydrogen-bond acceptors (Lipinski definition) is 5. The fourth-order valence-electron chi connectivity index (χ4n) is 3.76. The molecule has 3 atom stereocenters.